The smallest absolute Gasteiger partial charge is 0.295 e. The maximum absolute atomic E-state index is 12.0. The molecule has 2 aromatic heterocycles. The molecule has 3 aromatic rings. The Labute approximate surface area is 116 Å². The van der Waals surface area contributed by atoms with Gasteiger partial charge >= 0.3 is 0 Å². The summed E-state index contributed by atoms with van der Waals surface area (Å²) < 4.78 is 0. The Balaban J connectivity index is 2.09. The molecule has 9 heteroatoms. The number of H-pyrrole nitrogens is 3. The lowest BCUT2D eigenvalue weighted by Crippen LogP contribution is -2.22. The van der Waals surface area contributed by atoms with Crippen molar-refractivity contribution in [3.8, 4) is 0 Å². The van der Waals surface area contributed by atoms with Crippen LogP contribution in [-0.4, -0.2) is 31.3 Å². The average molecular weight is 286 g/mol. The van der Waals surface area contributed by atoms with Gasteiger partial charge in [0.25, 0.3) is 17.0 Å². The van der Waals surface area contributed by atoms with Gasteiger partial charge in [0.05, 0.1) is 16.5 Å². The summed E-state index contributed by atoms with van der Waals surface area (Å²) in [7, 11) is 0. The highest BCUT2D eigenvalue weighted by Gasteiger charge is 2.15. The monoisotopic (exact) mass is 286 g/mol. The molecular formula is C12H10N6O3. The van der Waals surface area contributed by atoms with Crippen LogP contribution in [0.2, 0.25) is 0 Å². The fourth-order valence-corrected chi connectivity index (χ4v) is 1.96. The van der Waals surface area contributed by atoms with Crippen molar-refractivity contribution in [1.29, 1.82) is 0 Å². The number of aromatic nitrogens is 5. The van der Waals surface area contributed by atoms with Gasteiger partial charge < -0.3 is 5.32 Å². The van der Waals surface area contributed by atoms with Crippen LogP contribution in [0.15, 0.2) is 27.8 Å². The number of nitrogens with one attached hydrogen (secondary N) is 4. The van der Waals surface area contributed by atoms with Gasteiger partial charge in [0.2, 0.25) is 5.82 Å². The first-order valence-corrected chi connectivity index (χ1v) is 6.00. The zero-order valence-electron chi connectivity index (χ0n) is 10.9. The molecular weight excluding hydrogens is 276 g/mol. The van der Waals surface area contributed by atoms with Gasteiger partial charge in [-0.15, -0.1) is 5.10 Å². The third-order valence-corrected chi connectivity index (χ3v) is 2.87. The average Bonchev–Trinajstić information content (AvgIpc) is 2.90. The number of rotatable bonds is 2. The topological polar surface area (TPSA) is 136 Å². The second-order valence-corrected chi connectivity index (χ2v) is 4.33. The van der Waals surface area contributed by atoms with Gasteiger partial charge in [-0.2, -0.15) is 0 Å². The van der Waals surface area contributed by atoms with Crippen LogP contribution < -0.4 is 16.4 Å². The van der Waals surface area contributed by atoms with Crippen molar-refractivity contribution in [2.24, 2.45) is 0 Å². The summed E-state index contributed by atoms with van der Waals surface area (Å²) in [5.74, 6) is -0.135. The van der Waals surface area contributed by atoms with E-state index in [0.29, 0.717) is 5.82 Å². The largest absolute Gasteiger partial charge is 0.318 e. The summed E-state index contributed by atoms with van der Waals surface area (Å²) >= 11 is 0. The summed E-state index contributed by atoms with van der Waals surface area (Å²) in [4.78, 5) is 39.4. The molecule has 4 N–H and O–H groups in total. The van der Waals surface area contributed by atoms with E-state index in [0.717, 1.165) is 0 Å². The van der Waals surface area contributed by atoms with E-state index in [-0.39, 0.29) is 22.3 Å². The van der Waals surface area contributed by atoms with E-state index in [4.69, 9.17) is 0 Å². The predicted molar refractivity (Wildman–Crippen MR) is 74.3 cm³/mol. The number of benzene rings is 1. The number of hydrogen-bond donors (Lipinski definition) is 4. The molecule has 0 saturated carbocycles. The van der Waals surface area contributed by atoms with Crippen molar-refractivity contribution in [3.63, 3.8) is 0 Å². The maximum atomic E-state index is 12.0. The van der Waals surface area contributed by atoms with E-state index < -0.39 is 17.0 Å². The maximum Gasteiger partial charge on any atom is 0.295 e. The van der Waals surface area contributed by atoms with Crippen LogP contribution in [0.4, 0.5) is 5.69 Å². The number of aromatic amines is 3. The molecule has 0 spiro atoms. The first-order chi connectivity index (χ1) is 10.1. The van der Waals surface area contributed by atoms with E-state index in [1.54, 1.807) is 13.0 Å². The molecule has 0 unspecified atom stereocenters. The Morgan fingerprint density at radius 2 is 1.95 bits per heavy atom. The normalized spacial score (nSPS) is 10.7. The zero-order chi connectivity index (χ0) is 15.0. The molecule has 0 fully saturated rings. The molecule has 21 heavy (non-hydrogen) atoms. The lowest BCUT2D eigenvalue weighted by atomic mass is 10.1. The predicted octanol–water partition coefficient (Wildman–Crippen LogP) is -0.105. The van der Waals surface area contributed by atoms with Gasteiger partial charge in [0, 0.05) is 0 Å². The summed E-state index contributed by atoms with van der Waals surface area (Å²) in [6.07, 6.45) is 0. The quantitative estimate of drug-likeness (QED) is 0.521. The second kappa shape index (κ2) is 4.71. The fourth-order valence-electron chi connectivity index (χ4n) is 1.96. The van der Waals surface area contributed by atoms with Gasteiger partial charge in [-0.25, -0.2) is 4.98 Å². The van der Waals surface area contributed by atoms with Crippen LogP contribution in [0.5, 0.6) is 0 Å². The lowest BCUT2D eigenvalue weighted by Gasteiger charge is -2.05. The number of carbonyl (C=O) groups excluding carboxylic acids is 1. The Morgan fingerprint density at radius 3 is 2.67 bits per heavy atom. The SMILES string of the molecule is Cc1nc(C(=O)Nc2cccc3c(=O)[nH][nH]c(=O)c23)n[nH]1. The fraction of sp³-hybridized carbons (Fsp3) is 0.0833. The highest BCUT2D eigenvalue weighted by atomic mass is 16.2. The molecule has 2 heterocycles. The third kappa shape index (κ3) is 2.20. The highest BCUT2D eigenvalue weighted by Crippen LogP contribution is 2.17. The molecule has 0 bridgehead atoms. The molecule has 0 atom stereocenters. The van der Waals surface area contributed by atoms with E-state index in [1.807, 2.05) is 0 Å². The Bertz CT molecular complexity index is 951. The van der Waals surface area contributed by atoms with Crippen LogP contribution in [0.25, 0.3) is 10.8 Å². The molecule has 0 aliphatic rings. The summed E-state index contributed by atoms with van der Waals surface area (Å²) in [5, 5.41) is 13.5. The van der Waals surface area contributed by atoms with Gasteiger partial charge in [0.1, 0.15) is 5.82 Å². The van der Waals surface area contributed by atoms with Crippen LogP contribution in [0.1, 0.15) is 16.4 Å². The summed E-state index contributed by atoms with van der Waals surface area (Å²) in [5.41, 5.74) is -0.742. The number of hydrogen-bond acceptors (Lipinski definition) is 5. The summed E-state index contributed by atoms with van der Waals surface area (Å²) in [6, 6.07) is 4.58. The number of aryl methyl sites for hydroxylation is 1. The van der Waals surface area contributed by atoms with Gasteiger partial charge in [-0.1, -0.05) is 6.07 Å². The van der Waals surface area contributed by atoms with E-state index >= 15 is 0 Å². The van der Waals surface area contributed by atoms with Crippen molar-refractivity contribution >= 4 is 22.4 Å². The Hall–Kier alpha value is -3.23. The van der Waals surface area contributed by atoms with Crippen LogP contribution in [-0.2, 0) is 0 Å². The number of fused-ring (bicyclic) bond motifs is 1. The second-order valence-electron chi connectivity index (χ2n) is 4.33. The molecule has 0 aliphatic heterocycles. The number of anilines is 1. The first-order valence-electron chi connectivity index (χ1n) is 6.00. The molecule has 9 nitrogen and oxygen atoms in total. The minimum Gasteiger partial charge on any atom is -0.318 e. The zero-order valence-corrected chi connectivity index (χ0v) is 10.9. The minimum atomic E-state index is -0.577. The third-order valence-electron chi connectivity index (χ3n) is 2.87. The number of nitrogens with zero attached hydrogens (tertiary/aromatic N) is 2. The van der Waals surface area contributed by atoms with E-state index in [1.165, 1.54) is 12.1 Å². The van der Waals surface area contributed by atoms with Crippen LogP contribution in [0.3, 0.4) is 0 Å². The van der Waals surface area contributed by atoms with Crippen molar-refractivity contribution in [2.75, 3.05) is 5.32 Å². The molecule has 0 saturated heterocycles. The standard InChI is InChI=1S/C12H10N6O3/c1-5-13-9(16-15-5)12(21)14-7-4-2-3-6-8(7)11(20)18-17-10(6)19/h2-4H,1H3,(H,14,21)(H,17,19)(H,18,20)(H,13,15,16). The van der Waals surface area contributed by atoms with Crippen molar-refractivity contribution in [2.45, 2.75) is 6.92 Å². The molecule has 0 aliphatic carbocycles. The molecule has 3 rings (SSSR count). The van der Waals surface area contributed by atoms with Gasteiger partial charge in [-0.05, 0) is 19.1 Å². The van der Waals surface area contributed by atoms with Crippen molar-refractivity contribution in [3.05, 3.63) is 50.6 Å². The molecule has 106 valence electrons. The van der Waals surface area contributed by atoms with Gasteiger partial charge in [0.15, 0.2) is 0 Å². The number of carbonyl (C=O) groups is 1. The van der Waals surface area contributed by atoms with E-state index in [2.05, 4.69) is 30.7 Å². The van der Waals surface area contributed by atoms with Gasteiger partial charge in [-0.3, -0.25) is 29.7 Å². The highest BCUT2D eigenvalue weighted by molar-refractivity contribution is 6.06. The molecule has 0 radical (unpaired) electrons. The lowest BCUT2D eigenvalue weighted by molar-refractivity contribution is 0.101. The Kier molecular flexibility index (Phi) is 2.87. The number of amides is 1. The molecule has 1 amide bonds. The minimum absolute atomic E-state index is 0.0502. The first kappa shape index (κ1) is 12.8. The van der Waals surface area contributed by atoms with E-state index in [9.17, 15) is 14.4 Å². The van der Waals surface area contributed by atoms with Crippen LogP contribution in [0, 0.1) is 6.92 Å². The molecule has 1 aromatic carbocycles. The van der Waals surface area contributed by atoms with Crippen molar-refractivity contribution in [1.82, 2.24) is 25.4 Å². The van der Waals surface area contributed by atoms with Crippen molar-refractivity contribution < 1.29 is 4.79 Å². The Morgan fingerprint density at radius 1 is 1.19 bits per heavy atom. The van der Waals surface area contributed by atoms with Crippen LogP contribution >= 0.6 is 0 Å². The summed E-state index contributed by atoms with van der Waals surface area (Å²) in [6.45, 7) is 1.66.